The number of carbonyl (C=O) groups excluding carboxylic acids is 3. The van der Waals surface area contributed by atoms with Crippen LogP contribution in [0.4, 0.5) is 0 Å². The van der Waals surface area contributed by atoms with E-state index in [0.29, 0.717) is 11.8 Å². The highest BCUT2D eigenvalue weighted by Crippen LogP contribution is 2.66. The van der Waals surface area contributed by atoms with Gasteiger partial charge in [0.25, 0.3) is 5.91 Å². The Hall–Kier alpha value is -2.17. The molecule has 2 amide bonds. The van der Waals surface area contributed by atoms with Gasteiger partial charge in [-0.2, -0.15) is 0 Å². The SMILES string of the molecule is CC(=O)NC(=O)COC(=O)C12C[C@H]3C[C@@H](C1)CC(c1ccccc1)(C3)C2. The van der Waals surface area contributed by atoms with E-state index in [4.69, 9.17) is 4.74 Å². The molecule has 5 nitrogen and oxygen atoms in total. The second-order valence-corrected chi connectivity index (χ2v) is 8.57. The predicted molar refractivity (Wildman–Crippen MR) is 95.0 cm³/mol. The van der Waals surface area contributed by atoms with Crippen molar-refractivity contribution in [2.75, 3.05) is 6.61 Å². The van der Waals surface area contributed by atoms with Gasteiger partial charge in [0, 0.05) is 6.92 Å². The Balaban J connectivity index is 1.54. The Morgan fingerprint density at radius 1 is 1.08 bits per heavy atom. The topological polar surface area (TPSA) is 72.5 Å². The number of rotatable bonds is 4. The van der Waals surface area contributed by atoms with Crippen LogP contribution < -0.4 is 5.32 Å². The standard InChI is InChI=1S/C21H25NO4/c1-14(23)22-18(24)12-26-19(25)21-10-15-7-16(11-21)9-20(8-15,13-21)17-5-3-2-4-6-17/h2-6,15-16H,7-13H2,1H3,(H,22,23,24)/t15-,16+,20?,21?. The van der Waals surface area contributed by atoms with Crippen LogP contribution >= 0.6 is 0 Å². The molecule has 138 valence electrons. The van der Waals surface area contributed by atoms with Crippen molar-refractivity contribution in [3.8, 4) is 0 Å². The van der Waals surface area contributed by atoms with Crippen LogP contribution in [0.5, 0.6) is 0 Å². The van der Waals surface area contributed by atoms with Gasteiger partial charge in [0.2, 0.25) is 5.91 Å². The lowest BCUT2D eigenvalue weighted by atomic mass is 9.43. The number of nitrogens with one attached hydrogen (secondary N) is 1. The van der Waals surface area contributed by atoms with Crippen LogP contribution in [0.15, 0.2) is 30.3 Å². The molecule has 5 rings (SSSR count). The van der Waals surface area contributed by atoms with Crippen molar-refractivity contribution in [2.24, 2.45) is 17.3 Å². The lowest BCUT2D eigenvalue weighted by molar-refractivity contribution is -0.175. The van der Waals surface area contributed by atoms with Gasteiger partial charge in [0.1, 0.15) is 0 Å². The second-order valence-electron chi connectivity index (χ2n) is 8.57. The molecule has 4 saturated carbocycles. The lowest BCUT2D eigenvalue weighted by Crippen LogP contribution is -2.57. The minimum absolute atomic E-state index is 0.0615. The summed E-state index contributed by atoms with van der Waals surface area (Å²) in [6, 6.07) is 10.6. The summed E-state index contributed by atoms with van der Waals surface area (Å²) >= 11 is 0. The van der Waals surface area contributed by atoms with Gasteiger partial charge in [0.15, 0.2) is 6.61 Å². The first-order valence-electron chi connectivity index (χ1n) is 9.44. The summed E-state index contributed by atoms with van der Waals surface area (Å²) in [5.41, 5.74) is 0.920. The number of hydrogen-bond acceptors (Lipinski definition) is 4. The third-order valence-corrected chi connectivity index (χ3v) is 6.53. The van der Waals surface area contributed by atoms with Gasteiger partial charge in [-0.25, -0.2) is 0 Å². The van der Waals surface area contributed by atoms with E-state index in [0.717, 1.165) is 32.1 Å². The number of imide groups is 1. The van der Waals surface area contributed by atoms with Gasteiger partial charge in [-0.05, 0) is 61.3 Å². The molecule has 0 radical (unpaired) electrons. The molecule has 4 aliphatic carbocycles. The quantitative estimate of drug-likeness (QED) is 0.843. The molecule has 1 N–H and O–H groups in total. The molecule has 2 unspecified atom stereocenters. The summed E-state index contributed by atoms with van der Waals surface area (Å²) in [5, 5.41) is 2.15. The molecular weight excluding hydrogens is 330 g/mol. The summed E-state index contributed by atoms with van der Waals surface area (Å²) in [6.07, 6.45) is 6.04. The Kier molecular flexibility index (Phi) is 4.13. The summed E-state index contributed by atoms with van der Waals surface area (Å²) < 4.78 is 5.37. The molecule has 4 fully saturated rings. The average Bonchev–Trinajstić information content (AvgIpc) is 2.59. The van der Waals surface area contributed by atoms with Gasteiger partial charge < -0.3 is 4.74 Å². The molecule has 0 spiro atoms. The number of ether oxygens (including phenoxy) is 1. The fourth-order valence-electron chi connectivity index (χ4n) is 6.15. The maximum Gasteiger partial charge on any atom is 0.312 e. The first kappa shape index (κ1) is 17.3. The third-order valence-electron chi connectivity index (χ3n) is 6.53. The van der Waals surface area contributed by atoms with Crippen molar-refractivity contribution in [3.63, 3.8) is 0 Å². The summed E-state index contributed by atoms with van der Waals surface area (Å²) in [6.45, 7) is 0.885. The molecule has 0 heterocycles. The third kappa shape index (κ3) is 2.93. The van der Waals surface area contributed by atoms with Crippen LogP contribution in [0.1, 0.15) is 51.0 Å². The molecule has 26 heavy (non-hydrogen) atoms. The number of hydrogen-bond donors (Lipinski definition) is 1. The van der Waals surface area contributed by atoms with Crippen LogP contribution in [0.25, 0.3) is 0 Å². The minimum atomic E-state index is -0.562. The Morgan fingerprint density at radius 3 is 2.35 bits per heavy atom. The zero-order valence-corrected chi connectivity index (χ0v) is 15.1. The van der Waals surface area contributed by atoms with E-state index in [2.05, 4.69) is 29.6 Å². The summed E-state index contributed by atoms with van der Waals surface area (Å²) in [4.78, 5) is 35.6. The first-order chi connectivity index (χ1) is 12.4. The molecule has 1 aromatic carbocycles. The molecule has 0 aliphatic heterocycles. The lowest BCUT2D eigenvalue weighted by Gasteiger charge is -2.61. The zero-order valence-electron chi connectivity index (χ0n) is 15.1. The van der Waals surface area contributed by atoms with Crippen molar-refractivity contribution in [2.45, 2.75) is 50.9 Å². The van der Waals surface area contributed by atoms with E-state index in [9.17, 15) is 14.4 Å². The Bertz CT molecular complexity index is 728. The van der Waals surface area contributed by atoms with E-state index in [-0.39, 0.29) is 18.0 Å². The summed E-state index contributed by atoms with van der Waals surface area (Å²) in [7, 11) is 0. The Morgan fingerprint density at radius 2 is 1.73 bits per heavy atom. The molecule has 5 heteroatoms. The molecule has 4 aliphatic rings. The molecule has 4 atom stereocenters. The highest BCUT2D eigenvalue weighted by molar-refractivity contribution is 5.95. The number of carbonyl (C=O) groups is 3. The van der Waals surface area contributed by atoms with Crippen molar-refractivity contribution in [3.05, 3.63) is 35.9 Å². The first-order valence-corrected chi connectivity index (χ1v) is 9.44. The van der Waals surface area contributed by atoms with Crippen molar-refractivity contribution in [1.29, 1.82) is 0 Å². The largest absolute Gasteiger partial charge is 0.455 e. The van der Waals surface area contributed by atoms with Crippen molar-refractivity contribution < 1.29 is 19.1 Å². The maximum absolute atomic E-state index is 13.0. The van der Waals surface area contributed by atoms with Gasteiger partial charge in [0.05, 0.1) is 5.41 Å². The predicted octanol–water partition coefficient (Wildman–Crippen LogP) is 2.73. The van der Waals surface area contributed by atoms with Crippen LogP contribution in [-0.2, 0) is 24.5 Å². The van der Waals surface area contributed by atoms with Crippen molar-refractivity contribution in [1.82, 2.24) is 5.32 Å². The van der Waals surface area contributed by atoms with E-state index in [1.165, 1.54) is 18.9 Å². The highest BCUT2D eigenvalue weighted by Gasteiger charge is 2.61. The minimum Gasteiger partial charge on any atom is -0.455 e. The monoisotopic (exact) mass is 355 g/mol. The number of esters is 1. The summed E-state index contributed by atoms with van der Waals surface area (Å²) in [5.74, 6) is -0.159. The van der Waals surface area contributed by atoms with Gasteiger partial charge >= 0.3 is 5.97 Å². The maximum atomic E-state index is 13.0. The zero-order chi connectivity index (χ0) is 18.4. The molecular formula is C21H25NO4. The van der Waals surface area contributed by atoms with Crippen LogP contribution in [0, 0.1) is 17.3 Å². The molecule has 4 bridgehead atoms. The second kappa shape index (κ2) is 6.22. The number of amides is 2. The fourth-order valence-corrected chi connectivity index (χ4v) is 6.15. The smallest absolute Gasteiger partial charge is 0.312 e. The van der Waals surface area contributed by atoms with E-state index < -0.39 is 17.2 Å². The molecule has 0 aromatic heterocycles. The van der Waals surface area contributed by atoms with Crippen LogP contribution in [-0.4, -0.2) is 24.4 Å². The van der Waals surface area contributed by atoms with Gasteiger partial charge in [-0.15, -0.1) is 0 Å². The van der Waals surface area contributed by atoms with Gasteiger partial charge in [-0.3, -0.25) is 19.7 Å². The van der Waals surface area contributed by atoms with E-state index >= 15 is 0 Å². The highest BCUT2D eigenvalue weighted by atomic mass is 16.5. The van der Waals surface area contributed by atoms with E-state index in [1.807, 2.05) is 6.07 Å². The van der Waals surface area contributed by atoms with Crippen LogP contribution in [0.3, 0.4) is 0 Å². The molecule has 0 saturated heterocycles. The fraction of sp³-hybridized carbons (Fsp3) is 0.571. The van der Waals surface area contributed by atoms with Crippen molar-refractivity contribution >= 4 is 17.8 Å². The van der Waals surface area contributed by atoms with Gasteiger partial charge in [-0.1, -0.05) is 30.3 Å². The van der Waals surface area contributed by atoms with E-state index in [1.54, 1.807) is 0 Å². The number of benzene rings is 1. The van der Waals surface area contributed by atoms with Crippen LogP contribution in [0.2, 0.25) is 0 Å². The molecule has 1 aromatic rings. The Labute approximate surface area is 153 Å². The average molecular weight is 355 g/mol. The normalized spacial score (nSPS) is 34.3.